The van der Waals surface area contributed by atoms with E-state index in [0.717, 1.165) is 0 Å². The molecule has 0 aromatic heterocycles. The average molecular weight is 797 g/mol. The minimum Gasteiger partial charge on any atom is -1.00 e. The number of halogens is 2. The summed E-state index contributed by atoms with van der Waals surface area (Å²) >= 11 is -2.99. The van der Waals surface area contributed by atoms with Crippen LogP contribution in [0.2, 0.25) is 0 Å². The Balaban J connectivity index is 0.00000292. The second kappa shape index (κ2) is 16.0. The third-order valence-electron chi connectivity index (χ3n) is 11.0. The first-order valence-electron chi connectivity index (χ1n) is 18.7. The van der Waals surface area contributed by atoms with Crippen LogP contribution in [0.25, 0.3) is 11.1 Å². The van der Waals surface area contributed by atoms with Crippen molar-refractivity contribution in [3.8, 4) is 11.1 Å². The third-order valence-corrected chi connectivity index (χ3v) is 19.3. The monoisotopic (exact) mass is 794 g/mol. The molecule has 0 nitrogen and oxygen atoms in total. The fraction of sp³-hybridized carbons (Fsp3) is 0.396. The van der Waals surface area contributed by atoms with Crippen LogP contribution in [-0.4, -0.2) is 3.21 Å². The molecule has 0 amide bonds. The fourth-order valence-corrected chi connectivity index (χ4v) is 18.6. The molecule has 0 aliphatic heterocycles. The average Bonchev–Trinajstić information content (AvgIpc) is 3.60. The van der Waals surface area contributed by atoms with E-state index >= 15 is 0 Å². The zero-order valence-electron chi connectivity index (χ0n) is 33.0. The van der Waals surface area contributed by atoms with Gasteiger partial charge in [0.15, 0.2) is 0 Å². The van der Waals surface area contributed by atoms with Gasteiger partial charge in [0.1, 0.15) is 0 Å². The summed E-state index contributed by atoms with van der Waals surface area (Å²) in [6.45, 7) is 28.9. The van der Waals surface area contributed by atoms with Crippen molar-refractivity contribution in [3.05, 3.63) is 151 Å². The Morgan fingerprint density at radius 1 is 0.569 bits per heavy atom. The SMILES string of the molecule is CC(C)C1=C(C(C)C)C(C(C)C)[C]([Zr+2](=[C](c2ccccc2)c2ccccc2)[CH]2c3cc(C(C)(C)C)ccc3-c3ccc(C(C)(C)C)cc32)=C1.[Cl-].[Cl-]. The molecule has 51 heavy (non-hydrogen) atoms. The van der Waals surface area contributed by atoms with Crippen LogP contribution in [0.1, 0.15) is 120 Å². The van der Waals surface area contributed by atoms with E-state index in [1.54, 1.807) is 28.8 Å². The van der Waals surface area contributed by atoms with E-state index in [1.165, 1.54) is 33.4 Å². The van der Waals surface area contributed by atoms with Gasteiger partial charge in [-0.1, -0.05) is 0 Å². The van der Waals surface area contributed by atoms with E-state index in [9.17, 15) is 0 Å². The number of hydrogen-bond acceptors (Lipinski definition) is 0. The van der Waals surface area contributed by atoms with Crippen molar-refractivity contribution in [2.24, 2.45) is 23.7 Å². The van der Waals surface area contributed by atoms with Gasteiger partial charge in [-0.2, -0.15) is 0 Å². The summed E-state index contributed by atoms with van der Waals surface area (Å²) in [7, 11) is 0. The van der Waals surface area contributed by atoms with Crippen LogP contribution in [0.5, 0.6) is 0 Å². The van der Waals surface area contributed by atoms with Crippen molar-refractivity contribution >= 4 is 3.21 Å². The maximum absolute atomic E-state index is 2.99. The zero-order chi connectivity index (χ0) is 35.4. The summed E-state index contributed by atoms with van der Waals surface area (Å²) in [6.07, 6.45) is 2.77. The van der Waals surface area contributed by atoms with Gasteiger partial charge in [0, 0.05) is 0 Å². The minimum absolute atomic E-state index is 0. The van der Waals surface area contributed by atoms with Gasteiger partial charge in [-0.05, 0) is 0 Å². The molecule has 4 aromatic carbocycles. The van der Waals surface area contributed by atoms with Gasteiger partial charge in [-0.15, -0.1) is 0 Å². The molecule has 0 N–H and O–H groups in total. The molecule has 1 atom stereocenters. The molecule has 1 unspecified atom stereocenters. The first-order chi connectivity index (χ1) is 23.1. The van der Waals surface area contributed by atoms with Crippen LogP contribution >= 0.6 is 0 Å². The normalized spacial score (nSPS) is 15.6. The molecule has 3 heteroatoms. The number of rotatable bonds is 7. The molecule has 0 bridgehead atoms. The standard InChI is InChI=1S/C21H25.C14H23.C13H10.2ClH.Zr/c1-20(2,3)16-7-9-18-14(12-16)11-15-13-17(21(4,5)6)8-10-19(15)18;1-9(2)12-7-8-13(10(3)4)14(12)11(5)6;1-3-7-12(8-4-1)11-13-9-5-2-6-10-13;;;/h7-13H,1-6H3;7,9-11,13H,1-6H3;1-10H;2*1H;/q;;;;;+2/p-2. The summed E-state index contributed by atoms with van der Waals surface area (Å²) < 4.78 is 3.80. The van der Waals surface area contributed by atoms with E-state index in [1.807, 2.05) is 0 Å². The number of fused-ring (bicyclic) bond motifs is 3. The van der Waals surface area contributed by atoms with Gasteiger partial charge in [-0.25, -0.2) is 0 Å². The molecule has 0 fully saturated rings. The molecule has 268 valence electrons. The molecule has 0 saturated carbocycles. The second-order valence-corrected chi connectivity index (χ2v) is 23.7. The van der Waals surface area contributed by atoms with Gasteiger partial charge in [0.25, 0.3) is 0 Å². The Labute approximate surface area is 330 Å². The Hall–Kier alpha value is -2.31. The van der Waals surface area contributed by atoms with Crippen LogP contribution in [0.3, 0.4) is 0 Å². The van der Waals surface area contributed by atoms with Gasteiger partial charge in [-0.3, -0.25) is 0 Å². The van der Waals surface area contributed by atoms with E-state index in [4.69, 9.17) is 0 Å². The maximum atomic E-state index is 2.77. The Morgan fingerprint density at radius 2 is 1.00 bits per heavy atom. The molecule has 6 rings (SSSR count). The van der Waals surface area contributed by atoms with Crippen molar-refractivity contribution < 1.29 is 46.1 Å². The largest absolute Gasteiger partial charge is 1.00 e. The molecular weight excluding hydrogens is 739 g/mol. The maximum Gasteiger partial charge on any atom is -1.00 e. The summed E-state index contributed by atoms with van der Waals surface area (Å²) in [5, 5.41) is 0. The smallest absolute Gasteiger partial charge is 1.00 e. The molecule has 0 heterocycles. The van der Waals surface area contributed by atoms with Crippen LogP contribution in [0.4, 0.5) is 0 Å². The van der Waals surface area contributed by atoms with Gasteiger partial charge in [0.2, 0.25) is 0 Å². The molecule has 0 radical (unpaired) electrons. The summed E-state index contributed by atoms with van der Waals surface area (Å²) in [6, 6.07) is 38.0. The number of allylic oxidation sites excluding steroid dienone is 4. The molecule has 4 aromatic rings. The summed E-state index contributed by atoms with van der Waals surface area (Å²) in [5.74, 6) is 2.02. The van der Waals surface area contributed by atoms with Gasteiger partial charge < -0.3 is 24.8 Å². The van der Waals surface area contributed by atoms with Crippen LogP contribution in [-0.2, 0) is 32.1 Å². The molecule has 0 saturated heterocycles. The van der Waals surface area contributed by atoms with Crippen molar-refractivity contribution in [3.63, 3.8) is 0 Å². The Bertz CT molecular complexity index is 1840. The van der Waals surface area contributed by atoms with Crippen LogP contribution < -0.4 is 24.8 Å². The van der Waals surface area contributed by atoms with Gasteiger partial charge in [0.05, 0.1) is 0 Å². The van der Waals surface area contributed by atoms with Crippen LogP contribution in [0.15, 0.2) is 118 Å². The Kier molecular flexibility index (Phi) is 13.0. The topological polar surface area (TPSA) is 0 Å². The van der Waals surface area contributed by atoms with Gasteiger partial charge >= 0.3 is 308 Å². The predicted octanol–water partition coefficient (Wildman–Crippen LogP) is 7.02. The first-order valence-corrected chi connectivity index (χ1v) is 22.6. The number of hydrogen-bond donors (Lipinski definition) is 0. The second-order valence-electron chi connectivity index (χ2n) is 17.6. The van der Waals surface area contributed by atoms with Crippen LogP contribution in [0, 0.1) is 23.7 Å². The van der Waals surface area contributed by atoms with Crippen molar-refractivity contribution in [2.75, 3.05) is 0 Å². The molecule has 2 aliphatic carbocycles. The molecular formula is C48H58Cl2Zr. The summed E-state index contributed by atoms with van der Waals surface area (Å²) in [4.78, 5) is 0. The van der Waals surface area contributed by atoms with Crippen molar-refractivity contribution in [1.29, 1.82) is 0 Å². The van der Waals surface area contributed by atoms with E-state index < -0.39 is 21.3 Å². The molecule has 2 aliphatic rings. The number of benzene rings is 4. The van der Waals surface area contributed by atoms with Crippen molar-refractivity contribution in [2.45, 2.75) is 97.5 Å². The predicted molar refractivity (Wildman–Crippen MR) is 210 cm³/mol. The zero-order valence-corrected chi connectivity index (χ0v) is 36.9. The van der Waals surface area contributed by atoms with Crippen molar-refractivity contribution in [1.82, 2.24) is 0 Å². The summed E-state index contributed by atoms with van der Waals surface area (Å²) in [5.41, 5.74) is 15.2. The van der Waals surface area contributed by atoms with E-state index in [0.29, 0.717) is 27.3 Å². The first kappa shape index (κ1) is 41.4. The minimum atomic E-state index is -2.99. The molecule has 0 spiro atoms. The third kappa shape index (κ3) is 7.98. The fourth-order valence-electron chi connectivity index (χ4n) is 8.49. The quantitative estimate of drug-likeness (QED) is 0.189. The van der Waals surface area contributed by atoms with E-state index in [-0.39, 0.29) is 35.6 Å². The Morgan fingerprint density at radius 3 is 1.35 bits per heavy atom. The van der Waals surface area contributed by atoms with E-state index in [2.05, 4.69) is 186 Å².